The van der Waals surface area contributed by atoms with Crippen molar-refractivity contribution in [1.82, 2.24) is 19.7 Å². The summed E-state index contributed by atoms with van der Waals surface area (Å²) in [6.45, 7) is 6.32. The fraction of sp³-hybridized carbons (Fsp3) is 0.833. The summed E-state index contributed by atoms with van der Waals surface area (Å²) in [5.74, 6) is 1.81. The molecule has 1 saturated heterocycles. The molecule has 0 bridgehead atoms. The Hall–Kier alpha value is -0.990. The second-order valence-electron chi connectivity index (χ2n) is 5.36. The minimum absolute atomic E-state index is 0.0129. The SMILES string of the molecule is CCn1c(C)nnc1CN1CCCCC1CS(N)(=O)=O. The van der Waals surface area contributed by atoms with Gasteiger partial charge in [-0.05, 0) is 33.2 Å². The number of likely N-dealkylation sites (tertiary alicyclic amines) is 1. The van der Waals surface area contributed by atoms with Crippen molar-refractivity contribution < 1.29 is 8.42 Å². The lowest BCUT2D eigenvalue weighted by atomic mass is 10.0. The largest absolute Gasteiger partial charge is 0.314 e. The van der Waals surface area contributed by atoms with Crippen LogP contribution in [-0.2, 0) is 23.1 Å². The molecule has 1 atom stereocenters. The van der Waals surface area contributed by atoms with Crippen molar-refractivity contribution in [3.63, 3.8) is 0 Å². The van der Waals surface area contributed by atoms with E-state index in [2.05, 4.69) is 26.6 Å². The minimum atomic E-state index is -3.44. The van der Waals surface area contributed by atoms with Crippen molar-refractivity contribution >= 4 is 10.0 Å². The molecule has 2 rings (SSSR count). The Labute approximate surface area is 120 Å². The van der Waals surface area contributed by atoms with Crippen molar-refractivity contribution in [1.29, 1.82) is 0 Å². The van der Waals surface area contributed by atoms with E-state index in [9.17, 15) is 8.42 Å². The number of primary sulfonamides is 1. The van der Waals surface area contributed by atoms with Crippen molar-refractivity contribution in [3.8, 4) is 0 Å². The first-order chi connectivity index (χ1) is 9.40. The number of aromatic nitrogens is 3. The van der Waals surface area contributed by atoms with Gasteiger partial charge in [0.1, 0.15) is 11.6 Å². The maximum absolute atomic E-state index is 11.3. The zero-order chi connectivity index (χ0) is 14.8. The lowest BCUT2D eigenvalue weighted by Gasteiger charge is -2.34. The Balaban J connectivity index is 2.12. The van der Waals surface area contributed by atoms with E-state index >= 15 is 0 Å². The van der Waals surface area contributed by atoms with E-state index in [1.807, 2.05) is 6.92 Å². The second-order valence-corrected chi connectivity index (χ2v) is 7.02. The maximum Gasteiger partial charge on any atom is 0.210 e. The van der Waals surface area contributed by atoms with E-state index in [1.165, 1.54) is 0 Å². The van der Waals surface area contributed by atoms with Gasteiger partial charge in [-0.1, -0.05) is 6.42 Å². The predicted octanol–water partition coefficient (Wildman–Crippen LogP) is 0.249. The monoisotopic (exact) mass is 301 g/mol. The van der Waals surface area contributed by atoms with E-state index in [0.29, 0.717) is 6.54 Å². The third-order valence-electron chi connectivity index (χ3n) is 3.85. The Bertz CT molecular complexity index is 554. The van der Waals surface area contributed by atoms with E-state index in [4.69, 9.17) is 5.14 Å². The molecule has 0 saturated carbocycles. The summed E-state index contributed by atoms with van der Waals surface area (Å²) in [5, 5.41) is 13.5. The van der Waals surface area contributed by atoms with Gasteiger partial charge in [-0.3, -0.25) is 4.90 Å². The molecule has 0 amide bonds. The highest BCUT2D eigenvalue weighted by atomic mass is 32.2. The highest BCUT2D eigenvalue weighted by Gasteiger charge is 2.27. The Morgan fingerprint density at radius 3 is 2.75 bits per heavy atom. The molecule has 8 heteroatoms. The van der Waals surface area contributed by atoms with Crippen LogP contribution in [-0.4, -0.2) is 46.4 Å². The Morgan fingerprint density at radius 2 is 2.10 bits per heavy atom. The molecular weight excluding hydrogens is 278 g/mol. The van der Waals surface area contributed by atoms with Crippen LogP contribution in [0.1, 0.15) is 37.8 Å². The quantitative estimate of drug-likeness (QED) is 0.841. The van der Waals surface area contributed by atoms with Crippen molar-refractivity contribution in [2.75, 3.05) is 12.3 Å². The topological polar surface area (TPSA) is 94.1 Å². The van der Waals surface area contributed by atoms with Gasteiger partial charge in [-0.25, -0.2) is 13.6 Å². The number of nitrogens with zero attached hydrogens (tertiary/aromatic N) is 4. The first-order valence-corrected chi connectivity index (χ1v) is 8.75. The average Bonchev–Trinajstić information content (AvgIpc) is 2.70. The van der Waals surface area contributed by atoms with Gasteiger partial charge in [-0.15, -0.1) is 10.2 Å². The first kappa shape index (κ1) is 15.4. The van der Waals surface area contributed by atoms with Crippen LogP contribution in [0.3, 0.4) is 0 Å². The normalized spacial score (nSPS) is 21.2. The molecule has 1 unspecified atom stereocenters. The molecule has 0 aliphatic carbocycles. The zero-order valence-corrected chi connectivity index (χ0v) is 12.9. The van der Waals surface area contributed by atoms with Crippen LogP contribution in [0.2, 0.25) is 0 Å². The molecule has 1 aromatic rings. The fourth-order valence-corrected chi connectivity index (χ4v) is 3.77. The van der Waals surface area contributed by atoms with Gasteiger partial charge in [-0.2, -0.15) is 0 Å². The summed E-state index contributed by atoms with van der Waals surface area (Å²) < 4.78 is 24.7. The lowest BCUT2D eigenvalue weighted by Crippen LogP contribution is -2.44. The number of hydrogen-bond acceptors (Lipinski definition) is 5. The summed E-state index contributed by atoms with van der Waals surface area (Å²) in [4.78, 5) is 2.17. The molecule has 2 N–H and O–H groups in total. The first-order valence-electron chi connectivity index (χ1n) is 7.04. The summed E-state index contributed by atoms with van der Waals surface area (Å²) in [7, 11) is -3.44. The number of nitrogens with two attached hydrogens (primary N) is 1. The molecule has 7 nitrogen and oxygen atoms in total. The van der Waals surface area contributed by atoms with Crippen LogP contribution in [0.15, 0.2) is 0 Å². The van der Waals surface area contributed by atoms with Gasteiger partial charge in [0.15, 0.2) is 0 Å². The molecule has 1 aromatic heterocycles. The fourth-order valence-electron chi connectivity index (χ4n) is 2.86. The summed E-state index contributed by atoms with van der Waals surface area (Å²) in [6.07, 6.45) is 3.01. The van der Waals surface area contributed by atoms with Crippen LogP contribution in [0, 0.1) is 6.92 Å². The summed E-state index contributed by atoms with van der Waals surface area (Å²) >= 11 is 0. The van der Waals surface area contributed by atoms with E-state index in [-0.39, 0.29) is 11.8 Å². The highest BCUT2D eigenvalue weighted by molar-refractivity contribution is 7.89. The number of hydrogen-bond donors (Lipinski definition) is 1. The number of sulfonamides is 1. The van der Waals surface area contributed by atoms with Crippen molar-refractivity contribution in [2.45, 2.75) is 52.2 Å². The van der Waals surface area contributed by atoms with Crippen LogP contribution in [0.5, 0.6) is 0 Å². The van der Waals surface area contributed by atoms with Crippen LogP contribution in [0.25, 0.3) is 0 Å². The van der Waals surface area contributed by atoms with Crippen molar-refractivity contribution in [3.05, 3.63) is 11.6 Å². The molecule has 2 heterocycles. The van der Waals surface area contributed by atoms with Gasteiger partial charge >= 0.3 is 0 Å². The molecule has 20 heavy (non-hydrogen) atoms. The summed E-state index contributed by atoms with van der Waals surface area (Å²) in [6, 6.07) is -0.0129. The third kappa shape index (κ3) is 3.77. The average molecular weight is 301 g/mol. The van der Waals surface area contributed by atoms with Crippen molar-refractivity contribution in [2.24, 2.45) is 5.14 Å². The Kier molecular flexibility index (Phi) is 4.77. The van der Waals surface area contributed by atoms with E-state index in [1.54, 1.807) is 0 Å². The van der Waals surface area contributed by atoms with Crippen LogP contribution >= 0.6 is 0 Å². The molecule has 1 fully saturated rings. The second kappa shape index (κ2) is 6.19. The molecule has 0 radical (unpaired) electrons. The van der Waals surface area contributed by atoms with Gasteiger partial charge < -0.3 is 4.57 Å². The number of rotatable bonds is 5. The molecule has 0 aromatic carbocycles. The maximum atomic E-state index is 11.3. The zero-order valence-electron chi connectivity index (χ0n) is 12.1. The van der Waals surface area contributed by atoms with E-state index in [0.717, 1.165) is 44.0 Å². The predicted molar refractivity (Wildman–Crippen MR) is 76.5 cm³/mol. The minimum Gasteiger partial charge on any atom is -0.314 e. The van der Waals surface area contributed by atoms with E-state index < -0.39 is 10.0 Å². The van der Waals surface area contributed by atoms with Crippen LogP contribution < -0.4 is 5.14 Å². The van der Waals surface area contributed by atoms with Gasteiger partial charge in [0.2, 0.25) is 10.0 Å². The van der Waals surface area contributed by atoms with Crippen LogP contribution in [0.4, 0.5) is 0 Å². The van der Waals surface area contributed by atoms with Gasteiger partial charge in [0.05, 0.1) is 12.3 Å². The number of piperidine rings is 1. The summed E-state index contributed by atoms with van der Waals surface area (Å²) in [5.41, 5.74) is 0. The highest BCUT2D eigenvalue weighted by Crippen LogP contribution is 2.20. The third-order valence-corrected chi connectivity index (χ3v) is 4.70. The molecule has 1 aliphatic heterocycles. The Morgan fingerprint density at radius 1 is 1.35 bits per heavy atom. The molecule has 0 spiro atoms. The molecule has 1 aliphatic rings. The smallest absolute Gasteiger partial charge is 0.210 e. The molecule has 114 valence electrons. The van der Waals surface area contributed by atoms with Gasteiger partial charge in [0, 0.05) is 12.6 Å². The number of aryl methyl sites for hydroxylation is 1. The van der Waals surface area contributed by atoms with Gasteiger partial charge in [0.25, 0.3) is 0 Å². The lowest BCUT2D eigenvalue weighted by molar-refractivity contribution is 0.148. The standard InChI is InChI=1S/C12H23N5O2S/c1-3-17-10(2)14-15-12(17)8-16-7-5-4-6-11(16)9-20(13,18)19/h11H,3-9H2,1-2H3,(H2,13,18,19). The molecular formula is C12H23N5O2S.